The fourth-order valence-corrected chi connectivity index (χ4v) is 3.89. The first-order chi connectivity index (χ1) is 13.0. The normalized spacial score (nSPS) is 12.8. The topological polar surface area (TPSA) is 12.9 Å². The van der Waals surface area contributed by atoms with E-state index in [2.05, 4.69) is 101 Å². The Morgan fingerprint density at radius 2 is 0.964 bits per heavy atom. The van der Waals surface area contributed by atoms with Gasteiger partial charge in [-0.3, -0.25) is 4.98 Å². The van der Waals surface area contributed by atoms with Gasteiger partial charge >= 0.3 is 0 Å². The molecule has 0 radical (unpaired) electrons. The summed E-state index contributed by atoms with van der Waals surface area (Å²) in [6.07, 6.45) is 1.84. The van der Waals surface area contributed by atoms with Gasteiger partial charge in [0.2, 0.25) is 0 Å². The summed E-state index contributed by atoms with van der Waals surface area (Å²) in [6, 6.07) is 23.7. The van der Waals surface area contributed by atoms with Crippen molar-refractivity contribution in [1.82, 2.24) is 4.98 Å². The molecule has 2 aromatic carbocycles. The third-order valence-electron chi connectivity index (χ3n) is 5.37. The number of thiol groups is 1. The maximum absolute atomic E-state index is 5.24. The summed E-state index contributed by atoms with van der Waals surface area (Å²) < 4.78 is -0.603. The van der Waals surface area contributed by atoms with Gasteiger partial charge in [0.25, 0.3) is 0 Å². The number of hydrogen-bond acceptors (Lipinski definition) is 2. The largest absolute Gasteiger partial charge is 0.259 e. The van der Waals surface area contributed by atoms with Crippen LogP contribution in [0.5, 0.6) is 0 Å². The molecule has 0 spiro atoms. The standard InChI is InChI=1S/C26H31NS/c1-24(2,3)19-10-14-21(15-11-19)26(28,23-9-7-8-18-27-23)22-16-12-20(13-17-22)25(4,5)6/h7-18,28H,1-6H3. The van der Waals surface area contributed by atoms with Crippen molar-refractivity contribution in [3.05, 3.63) is 101 Å². The van der Waals surface area contributed by atoms with Gasteiger partial charge < -0.3 is 0 Å². The Kier molecular flexibility index (Phi) is 5.46. The lowest BCUT2D eigenvalue weighted by atomic mass is 9.81. The van der Waals surface area contributed by atoms with Crippen molar-refractivity contribution in [2.45, 2.75) is 57.1 Å². The van der Waals surface area contributed by atoms with Crippen LogP contribution in [-0.2, 0) is 15.6 Å². The number of hydrogen-bond donors (Lipinski definition) is 1. The number of pyridine rings is 1. The average Bonchev–Trinajstić information content (AvgIpc) is 2.67. The van der Waals surface area contributed by atoms with E-state index in [0.29, 0.717) is 0 Å². The Labute approximate surface area is 175 Å². The van der Waals surface area contributed by atoms with E-state index in [1.165, 1.54) is 11.1 Å². The highest BCUT2D eigenvalue weighted by Crippen LogP contribution is 2.42. The van der Waals surface area contributed by atoms with Crippen molar-refractivity contribution in [2.24, 2.45) is 0 Å². The van der Waals surface area contributed by atoms with Crippen molar-refractivity contribution in [3.8, 4) is 0 Å². The van der Waals surface area contributed by atoms with Gasteiger partial charge in [0.1, 0.15) is 4.75 Å². The van der Waals surface area contributed by atoms with Gasteiger partial charge in [-0.2, -0.15) is 12.6 Å². The second kappa shape index (κ2) is 7.40. The van der Waals surface area contributed by atoms with Crippen molar-refractivity contribution in [3.63, 3.8) is 0 Å². The van der Waals surface area contributed by atoms with Crippen molar-refractivity contribution < 1.29 is 0 Å². The molecule has 2 heteroatoms. The Morgan fingerprint density at radius 1 is 0.571 bits per heavy atom. The molecule has 0 saturated heterocycles. The number of nitrogens with zero attached hydrogens (tertiary/aromatic N) is 1. The fourth-order valence-electron chi connectivity index (χ4n) is 3.46. The van der Waals surface area contributed by atoms with Crippen LogP contribution in [0.2, 0.25) is 0 Å². The molecule has 0 saturated carbocycles. The molecule has 0 aliphatic heterocycles. The van der Waals surface area contributed by atoms with Crippen LogP contribution in [-0.4, -0.2) is 4.98 Å². The molecule has 0 amide bonds. The Balaban J connectivity index is 2.14. The number of rotatable bonds is 3. The Bertz CT molecular complexity index is 854. The SMILES string of the molecule is CC(C)(C)c1ccc(C(S)(c2ccc(C(C)(C)C)cc2)c2ccccn2)cc1. The van der Waals surface area contributed by atoms with E-state index in [4.69, 9.17) is 12.6 Å². The van der Waals surface area contributed by atoms with Gasteiger partial charge in [-0.15, -0.1) is 0 Å². The molecule has 3 aromatic rings. The van der Waals surface area contributed by atoms with E-state index >= 15 is 0 Å². The highest BCUT2D eigenvalue weighted by molar-refractivity contribution is 7.81. The molecule has 0 aliphatic carbocycles. The minimum atomic E-state index is -0.603. The van der Waals surface area contributed by atoms with E-state index in [0.717, 1.165) is 16.8 Å². The predicted molar refractivity (Wildman–Crippen MR) is 123 cm³/mol. The van der Waals surface area contributed by atoms with Crippen LogP contribution in [0.25, 0.3) is 0 Å². The highest BCUT2D eigenvalue weighted by Gasteiger charge is 2.34. The molecule has 0 atom stereocenters. The number of aromatic nitrogens is 1. The lowest BCUT2D eigenvalue weighted by Gasteiger charge is -2.31. The van der Waals surface area contributed by atoms with Gasteiger partial charge in [-0.05, 0) is 45.2 Å². The van der Waals surface area contributed by atoms with Crippen LogP contribution in [0, 0.1) is 0 Å². The molecule has 1 aromatic heterocycles. The lowest BCUT2D eigenvalue weighted by Crippen LogP contribution is -2.24. The first-order valence-corrected chi connectivity index (χ1v) is 10.3. The lowest BCUT2D eigenvalue weighted by molar-refractivity contribution is 0.589. The van der Waals surface area contributed by atoms with Crippen LogP contribution in [0.4, 0.5) is 0 Å². The number of benzene rings is 2. The first kappa shape index (κ1) is 20.7. The van der Waals surface area contributed by atoms with Gasteiger partial charge in [-0.1, -0.05) is 96.1 Å². The van der Waals surface area contributed by atoms with Crippen LogP contribution in [0.3, 0.4) is 0 Å². The second-order valence-electron chi connectivity index (χ2n) is 9.58. The van der Waals surface area contributed by atoms with Crippen LogP contribution in [0.15, 0.2) is 72.9 Å². The average molecular weight is 390 g/mol. The molecule has 1 heterocycles. The molecule has 146 valence electrons. The molecular weight excluding hydrogens is 358 g/mol. The van der Waals surface area contributed by atoms with Gasteiger partial charge in [-0.25, -0.2) is 0 Å². The third kappa shape index (κ3) is 4.03. The molecule has 0 bridgehead atoms. The summed E-state index contributed by atoms with van der Waals surface area (Å²) in [5.41, 5.74) is 6.07. The molecule has 0 unspecified atom stereocenters. The zero-order valence-corrected chi connectivity index (χ0v) is 18.7. The summed E-state index contributed by atoms with van der Waals surface area (Å²) in [4.78, 5) is 4.67. The molecule has 0 aliphatic rings. The maximum Gasteiger partial charge on any atom is 0.105 e. The molecule has 28 heavy (non-hydrogen) atoms. The van der Waals surface area contributed by atoms with E-state index in [1.54, 1.807) is 0 Å². The van der Waals surface area contributed by atoms with E-state index in [9.17, 15) is 0 Å². The Morgan fingerprint density at radius 3 is 1.29 bits per heavy atom. The van der Waals surface area contributed by atoms with Gasteiger partial charge in [0.15, 0.2) is 0 Å². The zero-order chi connectivity index (χ0) is 20.6. The van der Waals surface area contributed by atoms with E-state index in [1.807, 2.05) is 18.3 Å². The van der Waals surface area contributed by atoms with E-state index < -0.39 is 4.75 Å². The summed E-state index contributed by atoms with van der Waals surface area (Å²) in [7, 11) is 0. The van der Waals surface area contributed by atoms with Crippen LogP contribution >= 0.6 is 12.6 Å². The Hall–Kier alpha value is -2.06. The molecule has 1 nitrogen and oxygen atoms in total. The maximum atomic E-state index is 5.24. The molecule has 0 N–H and O–H groups in total. The minimum Gasteiger partial charge on any atom is -0.259 e. The van der Waals surface area contributed by atoms with Crippen LogP contribution in [0.1, 0.15) is 69.5 Å². The minimum absolute atomic E-state index is 0.122. The molecule has 3 rings (SSSR count). The summed E-state index contributed by atoms with van der Waals surface area (Å²) in [6.45, 7) is 13.4. The summed E-state index contributed by atoms with van der Waals surface area (Å²) in [5.74, 6) is 0. The summed E-state index contributed by atoms with van der Waals surface area (Å²) >= 11 is 5.24. The second-order valence-corrected chi connectivity index (χ2v) is 10.3. The quantitative estimate of drug-likeness (QED) is 0.481. The van der Waals surface area contributed by atoms with Gasteiger partial charge in [0.05, 0.1) is 5.69 Å². The highest BCUT2D eigenvalue weighted by atomic mass is 32.1. The van der Waals surface area contributed by atoms with Crippen molar-refractivity contribution in [1.29, 1.82) is 0 Å². The van der Waals surface area contributed by atoms with Crippen LogP contribution < -0.4 is 0 Å². The van der Waals surface area contributed by atoms with Crippen molar-refractivity contribution in [2.75, 3.05) is 0 Å². The smallest absolute Gasteiger partial charge is 0.105 e. The monoisotopic (exact) mass is 389 g/mol. The first-order valence-electron chi connectivity index (χ1n) is 9.89. The fraction of sp³-hybridized carbons (Fsp3) is 0.346. The molecule has 0 fully saturated rings. The third-order valence-corrected chi connectivity index (χ3v) is 6.12. The van der Waals surface area contributed by atoms with E-state index in [-0.39, 0.29) is 10.8 Å². The van der Waals surface area contributed by atoms with Gasteiger partial charge in [0, 0.05) is 6.20 Å². The summed E-state index contributed by atoms with van der Waals surface area (Å²) in [5, 5.41) is 0. The van der Waals surface area contributed by atoms with Crippen molar-refractivity contribution >= 4 is 12.6 Å². The zero-order valence-electron chi connectivity index (χ0n) is 17.8. The molecular formula is C26H31NS. The predicted octanol–water partition coefficient (Wildman–Crippen LogP) is 6.90.